The minimum Gasteiger partial charge on any atom is -0.478 e. The Labute approximate surface area is 120 Å². The quantitative estimate of drug-likeness (QED) is 0.619. The monoisotopic (exact) mass is 277 g/mol. The van der Waals surface area contributed by atoms with Gasteiger partial charge < -0.3 is 15.2 Å². The third kappa shape index (κ3) is 5.05. The molecule has 4 heteroatoms. The Kier molecular flexibility index (Phi) is 5.77. The van der Waals surface area contributed by atoms with Gasteiger partial charge in [-0.3, -0.25) is 0 Å². The lowest BCUT2D eigenvalue weighted by Gasteiger charge is -2.21. The minimum atomic E-state index is -0.951. The van der Waals surface area contributed by atoms with Crippen LogP contribution in [0.5, 0.6) is 0 Å². The van der Waals surface area contributed by atoms with Gasteiger partial charge in [-0.2, -0.15) is 0 Å². The Balaban J connectivity index is 3.06. The molecule has 0 spiro atoms. The summed E-state index contributed by atoms with van der Waals surface area (Å²) in [5.41, 5.74) is 3.03. The SMILES string of the molecule is COCCNc1cc(C(C)(C)C)ccc1/C=C/C(=O)O. The molecule has 0 atom stereocenters. The summed E-state index contributed by atoms with van der Waals surface area (Å²) < 4.78 is 5.02. The van der Waals surface area contributed by atoms with Crippen LogP contribution in [-0.4, -0.2) is 31.3 Å². The highest BCUT2D eigenvalue weighted by Crippen LogP contribution is 2.27. The van der Waals surface area contributed by atoms with Gasteiger partial charge in [0, 0.05) is 25.4 Å². The van der Waals surface area contributed by atoms with Crippen LogP contribution in [0.4, 0.5) is 5.69 Å². The minimum absolute atomic E-state index is 0.0483. The molecule has 110 valence electrons. The van der Waals surface area contributed by atoms with Crippen LogP contribution < -0.4 is 5.32 Å². The number of aliphatic carboxylic acids is 1. The topological polar surface area (TPSA) is 58.6 Å². The summed E-state index contributed by atoms with van der Waals surface area (Å²) in [6, 6.07) is 6.04. The first kappa shape index (κ1) is 16.2. The van der Waals surface area contributed by atoms with E-state index >= 15 is 0 Å². The first-order valence-electron chi connectivity index (χ1n) is 6.63. The lowest BCUT2D eigenvalue weighted by atomic mass is 9.86. The number of nitrogens with one attached hydrogen (secondary N) is 1. The maximum atomic E-state index is 10.6. The Bertz CT molecular complexity index is 487. The van der Waals surface area contributed by atoms with E-state index in [1.54, 1.807) is 13.2 Å². The molecule has 4 nitrogen and oxygen atoms in total. The molecule has 20 heavy (non-hydrogen) atoms. The van der Waals surface area contributed by atoms with E-state index in [0.29, 0.717) is 13.2 Å². The van der Waals surface area contributed by atoms with Crippen molar-refractivity contribution in [3.8, 4) is 0 Å². The van der Waals surface area contributed by atoms with Crippen molar-refractivity contribution in [1.29, 1.82) is 0 Å². The molecule has 0 aliphatic heterocycles. The Morgan fingerprint density at radius 3 is 2.65 bits per heavy atom. The second kappa shape index (κ2) is 7.10. The van der Waals surface area contributed by atoms with Crippen molar-refractivity contribution in [1.82, 2.24) is 0 Å². The van der Waals surface area contributed by atoms with E-state index in [1.807, 2.05) is 12.1 Å². The molecule has 0 unspecified atom stereocenters. The summed E-state index contributed by atoms with van der Waals surface area (Å²) in [6.07, 6.45) is 2.75. The number of hydrogen-bond donors (Lipinski definition) is 2. The standard InChI is InChI=1S/C16H23NO3/c1-16(2,3)13-7-5-12(6-8-15(18)19)14(11-13)17-9-10-20-4/h5-8,11,17H,9-10H2,1-4H3,(H,18,19)/b8-6+. The van der Waals surface area contributed by atoms with Gasteiger partial charge in [0.05, 0.1) is 6.61 Å². The van der Waals surface area contributed by atoms with E-state index in [4.69, 9.17) is 9.84 Å². The maximum absolute atomic E-state index is 10.6. The summed E-state index contributed by atoms with van der Waals surface area (Å²) >= 11 is 0. The smallest absolute Gasteiger partial charge is 0.328 e. The molecule has 0 saturated carbocycles. The molecule has 0 aliphatic rings. The molecule has 0 fully saturated rings. The van der Waals surface area contributed by atoms with Crippen molar-refractivity contribution in [2.45, 2.75) is 26.2 Å². The zero-order valence-electron chi connectivity index (χ0n) is 12.6. The van der Waals surface area contributed by atoms with Gasteiger partial charge in [-0.05, 0) is 28.7 Å². The van der Waals surface area contributed by atoms with Crippen LogP contribution in [0.3, 0.4) is 0 Å². The third-order valence-corrected chi connectivity index (χ3v) is 2.95. The van der Waals surface area contributed by atoms with Crippen molar-refractivity contribution in [2.24, 2.45) is 0 Å². The maximum Gasteiger partial charge on any atom is 0.328 e. The zero-order valence-corrected chi connectivity index (χ0v) is 12.6. The normalized spacial score (nSPS) is 11.8. The average Bonchev–Trinajstić information content (AvgIpc) is 2.36. The number of carbonyl (C=O) groups is 1. The van der Waals surface area contributed by atoms with Crippen LogP contribution in [0.25, 0.3) is 6.08 Å². The van der Waals surface area contributed by atoms with Gasteiger partial charge in [0.25, 0.3) is 0 Å². The number of anilines is 1. The highest BCUT2D eigenvalue weighted by atomic mass is 16.5. The summed E-state index contributed by atoms with van der Waals surface area (Å²) in [5, 5.41) is 12.0. The van der Waals surface area contributed by atoms with Gasteiger partial charge >= 0.3 is 5.97 Å². The van der Waals surface area contributed by atoms with Gasteiger partial charge in [0.2, 0.25) is 0 Å². The van der Waals surface area contributed by atoms with Crippen molar-refractivity contribution in [3.63, 3.8) is 0 Å². The molecule has 1 rings (SSSR count). The first-order chi connectivity index (χ1) is 9.34. The number of hydrogen-bond acceptors (Lipinski definition) is 3. The summed E-state index contributed by atoms with van der Waals surface area (Å²) in [5.74, 6) is -0.951. The molecule has 0 amide bonds. The molecule has 0 radical (unpaired) electrons. The van der Waals surface area contributed by atoms with E-state index in [-0.39, 0.29) is 5.41 Å². The number of benzene rings is 1. The molecular formula is C16H23NO3. The largest absolute Gasteiger partial charge is 0.478 e. The molecule has 0 aromatic heterocycles. The number of methoxy groups -OCH3 is 1. The Hall–Kier alpha value is -1.81. The van der Waals surface area contributed by atoms with E-state index < -0.39 is 5.97 Å². The Morgan fingerprint density at radius 2 is 2.10 bits per heavy atom. The van der Waals surface area contributed by atoms with Crippen molar-refractivity contribution < 1.29 is 14.6 Å². The van der Waals surface area contributed by atoms with Crippen LogP contribution in [0.1, 0.15) is 31.9 Å². The van der Waals surface area contributed by atoms with E-state index in [2.05, 4.69) is 32.2 Å². The first-order valence-corrected chi connectivity index (χ1v) is 6.63. The van der Waals surface area contributed by atoms with Gasteiger partial charge in [0.1, 0.15) is 0 Å². The predicted octanol–water partition coefficient (Wildman–Crippen LogP) is 3.14. The number of ether oxygens (including phenoxy) is 1. The molecular weight excluding hydrogens is 254 g/mol. The van der Waals surface area contributed by atoms with Gasteiger partial charge in [-0.15, -0.1) is 0 Å². The highest BCUT2D eigenvalue weighted by Gasteiger charge is 2.15. The Morgan fingerprint density at radius 1 is 1.40 bits per heavy atom. The second-order valence-electron chi connectivity index (χ2n) is 5.64. The molecule has 0 heterocycles. The van der Waals surface area contributed by atoms with Crippen molar-refractivity contribution >= 4 is 17.7 Å². The van der Waals surface area contributed by atoms with Gasteiger partial charge in [0.15, 0.2) is 0 Å². The summed E-state index contributed by atoms with van der Waals surface area (Å²) in [6.45, 7) is 7.72. The van der Waals surface area contributed by atoms with Gasteiger partial charge in [-0.1, -0.05) is 32.9 Å². The van der Waals surface area contributed by atoms with Crippen LogP contribution in [-0.2, 0) is 14.9 Å². The second-order valence-corrected chi connectivity index (χ2v) is 5.64. The number of rotatable bonds is 6. The van der Waals surface area contributed by atoms with E-state index in [1.165, 1.54) is 5.56 Å². The number of carboxylic acid groups (broad SMARTS) is 1. The average molecular weight is 277 g/mol. The number of carboxylic acids is 1. The van der Waals surface area contributed by atoms with Gasteiger partial charge in [-0.25, -0.2) is 4.79 Å². The summed E-state index contributed by atoms with van der Waals surface area (Å²) in [4.78, 5) is 10.6. The van der Waals surface area contributed by atoms with E-state index in [0.717, 1.165) is 17.3 Å². The molecule has 0 bridgehead atoms. The van der Waals surface area contributed by atoms with E-state index in [9.17, 15) is 4.79 Å². The summed E-state index contributed by atoms with van der Waals surface area (Å²) in [7, 11) is 1.65. The fourth-order valence-corrected chi connectivity index (χ4v) is 1.77. The van der Waals surface area contributed by atoms with Crippen molar-refractivity contribution in [3.05, 3.63) is 35.4 Å². The molecule has 2 N–H and O–H groups in total. The fraction of sp³-hybridized carbons (Fsp3) is 0.438. The van der Waals surface area contributed by atoms with Crippen molar-refractivity contribution in [2.75, 3.05) is 25.6 Å². The highest BCUT2D eigenvalue weighted by molar-refractivity contribution is 5.87. The molecule has 0 saturated heterocycles. The lowest BCUT2D eigenvalue weighted by Crippen LogP contribution is -2.13. The van der Waals surface area contributed by atoms with Crippen LogP contribution in [0.2, 0.25) is 0 Å². The van der Waals surface area contributed by atoms with Crippen LogP contribution >= 0.6 is 0 Å². The molecule has 1 aromatic carbocycles. The van der Waals surface area contributed by atoms with Crippen LogP contribution in [0, 0.1) is 0 Å². The molecule has 1 aromatic rings. The molecule has 0 aliphatic carbocycles. The third-order valence-electron chi connectivity index (χ3n) is 2.95. The fourth-order valence-electron chi connectivity index (χ4n) is 1.77. The van der Waals surface area contributed by atoms with Crippen LogP contribution in [0.15, 0.2) is 24.3 Å². The predicted molar refractivity (Wildman–Crippen MR) is 82.2 cm³/mol. The lowest BCUT2D eigenvalue weighted by molar-refractivity contribution is -0.131. The zero-order chi connectivity index (χ0) is 15.2.